The van der Waals surface area contributed by atoms with Crippen LogP contribution in [-0.4, -0.2) is 56.4 Å². The van der Waals surface area contributed by atoms with Crippen molar-refractivity contribution in [2.45, 2.75) is 66.8 Å². The Bertz CT molecular complexity index is 1430. The summed E-state index contributed by atoms with van der Waals surface area (Å²) in [7, 11) is 3.17. The number of carbonyl (C=O) groups is 1. The first-order chi connectivity index (χ1) is 21.8. The molecule has 2 aromatic carbocycles. The summed E-state index contributed by atoms with van der Waals surface area (Å²) in [6.45, 7) is 15.0. The summed E-state index contributed by atoms with van der Waals surface area (Å²) < 4.78 is 11.2. The Kier molecular flexibility index (Phi) is 14.1. The Labute approximate surface area is 270 Å². The molecule has 4 N–H and O–H groups in total. The monoisotopic (exact) mass is 615 g/mol. The van der Waals surface area contributed by atoms with Crippen LogP contribution >= 0.6 is 0 Å². The molecule has 2 heterocycles. The molecule has 1 aromatic heterocycles. The van der Waals surface area contributed by atoms with Gasteiger partial charge in [0.05, 0.1) is 30.8 Å². The number of urea groups is 1. The molecule has 1 aliphatic carbocycles. The van der Waals surface area contributed by atoms with E-state index in [-0.39, 0.29) is 11.4 Å². The second-order valence-electron chi connectivity index (χ2n) is 11.9. The Morgan fingerprint density at radius 1 is 0.956 bits per heavy atom. The molecule has 5 rings (SSSR count). The maximum atomic E-state index is 13.3. The van der Waals surface area contributed by atoms with Gasteiger partial charge in [0.15, 0.2) is 0 Å². The Morgan fingerprint density at radius 2 is 1.71 bits per heavy atom. The average molecular weight is 616 g/mol. The number of fused-ring (bicyclic) bond motifs is 1. The fraction of sp³-hybridized carbons (Fsp3) is 0.459. The fourth-order valence-corrected chi connectivity index (χ4v) is 5.61. The van der Waals surface area contributed by atoms with E-state index < -0.39 is 0 Å². The number of nitrogens with zero attached hydrogens (tertiary/aromatic N) is 2. The van der Waals surface area contributed by atoms with Gasteiger partial charge < -0.3 is 25.8 Å². The van der Waals surface area contributed by atoms with Crippen molar-refractivity contribution in [3.05, 3.63) is 83.5 Å². The van der Waals surface area contributed by atoms with Gasteiger partial charge in [-0.2, -0.15) is 0 Å². The van der Waals surface area contributed by atoms with E-state index in [9.17, 15) is 4.79 Å². The van der Waals surface area contributed by atoms with Crippen molar-refractivity contribution >= 4 is 22.5 Å². The Hall–Kier alpha value is -3.72. The summed E-state index contributed by atoms with van der Waals surface area (Å²) in [5.74, 6) is 0.805. The van der Waals surface area contributed by atoms with Gasteiger partial charge in [0.25, 0.3) is 0 Å². The van der Waals surface area contributed by atoms with E-state index in [2.05, 4.69) is 72.4 Å². The van der Waals surface area contributed by atoms with Gasteiger partial charge in [-0.05, 0) is 60.9 Å². The quantitative estimate of drug-likeness (QED) is 0.261. The van der Waals surface area contributed by atoms with Crippen molar-refractivity contribution < 1.29 is 14.3 Å². The molecule has 1 fully saturated rings. The van der Waals surface area contributed by atoms with E-state index in [1.165, 1.54) is 12.6 Å². The second kappa shape index (κ2) is 17.7. The number of aromatic nitrogens is 1. The van der Waals surface area contributed by atoms with Gasteiger partial charge in [-0.3, -0.25) is 9.88 Å². The zero-order chi connectivity index (χ0) is 32.8. The van der Waals surface area contributed by atoms with Gasteiger partial charge in [0.1, 0.15) is 5.76 Å². The average Bonchev–Trinajstić information content (AvgIpc) is 3.44. The smallest absolute Gasteiger partial charge is 0.323 e. The summed E-state index contributed by atoms with van der Waals surface area (Å²) in [6.07, 6.45) is 7.87. The van der Waals surface area contributed by atoms with E-state index >= 15 is 0 Å². The van der Waals surface area contributed by atoms with Crippen LogP contribution in [0.4, 0.5) is 10.5 Å². The Morgan fingerprint density at radius 3 is 2.40 bits per heavy atom. The number of benzene rings is 2. The molecular weight excluding hydrogens is 562 g/mol. The Balaban J connectivity index is 0.00000133. The SMILES string of the molecule is CC.CN.COC1=C(NC(=O)Nc2ccc(-c3ccc(CN4CCCOCC4)nc3)c3ccccc23)C=C(C(C)(C)C)CCC1. The number of nitrogens with one attached hydrogen (secondary N) is 2. The van der Waals surface area contributed by atoms with Crippen molar-refractivity contribution in [3.63, 3.8) is 0 Å². The number of carbonyl (C=O) groups excluding carboxylic acids is 1. The molecule has 244 valence electrons. The molecule has 8 heteroatoms. The second-order valence-corrected chi connectivity index (χ2v) is 11.9. The lowest BCUT2D eigenvalue weighted by Crippen LogP contribution is -2.29. The third-order valence-electron chi connectivity index (χ3n) is 7.94. The third kappa shape index (κ3) is 9.88. The molecular formula is C37H53N5O3. The lowest BCUT2D eigenvalue weighted by Gasteiger charge is -2.23. The largest absolute Gasteiger partial charge is 0.499 e. The van der Waals surface area contributed by atoms with E-state index in [0.29, 0.717) is 0 Å². The maximum absolute atomic E-state index is 13.3. The number of amides is 2. The minimum Gasteiger partial charge on any atom is -0.499 e. The number of rotatable bonds is 6. The molecule has 0 unspecified atom stereocenters. The van der Waals surface area contributed by atoms with Crippen molar-refractivity contribution in [3.8, 4) is 11.1 Å². The van der Waals surface area contributed by atoms with E-state index in [0.717, 1.165) is 103 Å². The van der Waals surface area contributed by atoms with Crippen LogP contribution in [0.1, 0.15) is 66.0 Å². The standard InChI is InChI=1S/C34H42N4O3.C2H6.CH5N/c1-34(2,3)25-9-7-12-32(40-4)31(21-25)37-33(39)36-30-16-15-27(28-10-5-6-11-29(28)30)24-13-14-26(35-22-24)23-38-17-8-19-41-20-18-38;2*1-2/h5-6,10-11,13-16,21-22H,7-9,12,17-20,23H2,1-4H3,(H2,36,37,39);1-2H3;2H2,1H3. The molecule has 8 nitrogen and oxygen atoms in total. The first-order valence-corrected chi connectivity index (χ1v) is 16.2. The number of pyridine rings is 1. The van der Waals surface area contributed by atoms with Crippen LogP contribution in [0.15, 0.2) is 77.8 Å². The molecule has 2 amide bonds. The molecule has 45 heavy (non-hydrogen) atoms. The van der Waals surface area contributed by atoms with Crippen LogP contribution in [0, 0.1) is 5.41 Å². The highest BCUT2D eigenvalue weighted by Crippen LogP contribution is 2.35. The summed E-state index contributed by atoms with van der Waals surface area (Å²) in [5, 5.41) is 8.19. The van der Waals surface area contributed by atoms with Crippen LogP contribution in [0.3, 0.4) is 0 Å². The summed E-state index contributed by atoms with van der Waals surface area (Å²) in [5.41, 5.74) is 10.5. The minimum absolute atomic E-state index is 0.0214. The number of hydrogen-bond donors (Lipinski definition) is 3. The van der Waals surface area contributed by atoms with Crippen LogP contribution in [-0.2, 0) is 16.0 Å². The zero-order valence-corrected chi connectivity index (χ0v) is 28.3. The molecule has 0 spiro atoms. The topological polar surface area (TPSA) is 102 Å². The van der Waals surface area contributed by atoms with Crippen molar-refractivity contribution in [2.75, 3.05) is 45.8 Å². The molecule has 1 saturated heterocycles. The predicted octanol–water partition coefficient (Wildman–Crippen LogP) is 7.86. The predicted molar refractivity (Wildman–Crippen MR) is 187 cm³/mol. The number of ether oxygens (including phenoxy) is 2. The molecule has 0 atom stereocenters. The number of methoxy groups -OCH3 is 1. The fourth-order valence-electron chi connectivity index (χ4n) is 5.61. The summed E-state index contributed by atoms with van der Waals surface area (Å²) in [6, 6.07) is 16.2. The van der Waals surface area contributed by atoms with Crippen LogP contribution in [0.5, 0.6) is 0 Å². The third-order valence-corrected chi connectivity index (χ3v) is 7.94. The van der Waals surface area contributed by atoms with Gasteiger partial charge >= 0.3 is 6.03 Å². The molecule has 2 aliphatic rings. The lowest BCUT2D eigenvalue weighted by molar-refractivity contribution is 0.140. The highest BCUT2D eigenvalue weighted by Gasteiger charge is 2.22. The molecule has 0 radical (unpaired) electrons. The number of nitrogens with two attached hydrogens (primary N) is 1. The zero-order valence-electron chi connectivity index (χ0n) is 28.3. The van der Waals surface area contributed by atoms with Gasteiger partial charge in [0, 0.05) is 49.8 Å². The van der Waals surface area contributed by atoms with Gasteiger partial charge in [-0.1, -0.05) is 76.6 Å². The van der Waals surface area contributed by atoms with Crippen molar-refractivity contribution in [2.24, 2.45) is 11.1 Å². The lowest BCUT2D eigenvalue weighted by atomic mass is 9.83. The molecule has 0 bridgehead atoms. The van der Waals surface area contributed by atoms with Crippen LogP contribution in [0.25, 0.3) is 21.9 Å². The highest BCUT2D eigenvalue weighted by atomic mass is 16.5. The number of hydrogen-bond acceptors (Lipinski definition) is 6. The van der Waals surface area contributed by atoms with Crippen LogP contribution < -0.4 is 16.4 Å². The van der Waals surface area contributed by atoms with Crippen LogP contribution in [0.2, 0.25) is 0 Å². The first kappa shape index (κ1) is 35.8. The van der Waals surface area contributed by atoms with E-state index in [4.69, 9.17) is 14.5 Å². The maximum Gasteiger partial charge on any atom is 0.323 e. The van der Waals surface area contributed by atoms with E-state index in [1.54, 1.807) is 7.11 Å². The first-order valence-electron chi connectivity index (χ1n) is 16.2. The summed E-state index contributed by atoms with van der Waals surface area (Å²) >= 11 is 0. The number of allylic oxidation sites excluding steroid dienone is 3. The van der Waals surface area contributed by atoms with Gasteiger partial charge in [-0.25, -0.2) is 4.79 Å². The normalized spacial score (nSPS) is 15.8. The van der Waals surface area contributed by atoms with E-state index in [1.807, 2.05) is 44.3 Å². The number of anilines is 1. The van der Waals surface area contributed by atoms with Gasteiger partial charge in [0.2, 0.25) is 0 Å². The molecule has 3 aromatic rings. The van der Waals surface area contributed by atoms with Crippen molar-refractivity contribution in [1.29, 1.82) is 0 Å². The molecule has 1 aliphatic heterocycles. The highest BCUT2D eigenvalue weighted by molar-refractivity contribution is 6.07. The summed E-state index contributed by atoms with van der Waals surface area (Å²) in [4.78, 5) is 20.5. The minimum atomic E-state index is -0.288. The molecule has 0 saturated carbocycles. The van der Waals surface area contributed by atoms with Gasteiger partial charge in [-0.15, -0.1) is 0 Å². The van der Waals surface area contributed by atoms with Crippen molar-refractivity contribution in [1.82, 2.24) is 15.2 Å².